The molecular formula is C9H9BrN4. The highest BCUT2D eigenvalue weighted by Crippen LogP contribution is 2.23. The monoisotopic (exact) mass is 252 g/mol. The van der Waals surface area contributed by atoms with Crippen LogP contribution in [0.4, 0.5) is 5.69 Å². The van der Waals surface area contributed by atoms with Crippen molar-refractivity contribution in [3.63, 3.8) is 0 Å². The van der Waals surface area contributed by atoms with E-state index in [1.807, 2.05) is 19.2 Å². The van der Waals surface area contributed by atoms with E-state index < -0.39 is 0 Å². The first kappa shape index (κ1) is 9.21. The van der Waals surface area contributed by atoms with Crippen molar-refractivity contribution in [1.29, 1.82) is 0 Å². The minimum atomic E-state index is 0.641. The summed E-state index contributed by atoms with van der Waals surface area (Å²) in [5.41, 5.74) is 8.09. The van der Waals surface area contributed by atoms with E-state index in [4.69, 9.17) is 5.73 Å². The average molecular weight is 253 g/mol. The number of rotatable bonds is 1. The molecular weight excluding hydrogens is 244 g/mol. The Morgan fingerprint density at radius 1 is 1.36 bits per heavy atom. The fourth-order valence-electron chi connectivity index (χ4n) is 1.28. The lowest BCUT2D eigenvalue weighted by molar-refractivity contribution is 0.773. The van der Waals surface area contributed by atoms with E-state index in [-0.39, 0.29) is 0 Å². The highest BCUT2D eigenvalue weighted by Gasteiger charge is 2.08. The SMILES string of the molecule is Cn1ncc(N)c1-c1ccc(Br)cn1. The van der Waals surface area contributed by atoms with Crippen LogP contribution in [-0.2, 0) is 7.05 Å². The largest absolute Gasteiger partial charge is 0.396 e. The van der Waals surface area contributed by atoms with Crippen LogP contribution in [0, 0.1) is 0 Å². The number of halogens is 1. The van der Waals surface area contributed by atoms with Crippen molar-refractivity contribution in [3.8, 4) is 11.4 Å². The molecule has 2 rings (SSSR count). The number of anilines is 1. The molecule has 4 nitrogen and oxygen atoms in total. The van der Waals surface area contributed by atoms with Crippen LogP contribution >= 0.6 is 15.9 Å². The first-order chi connectivity index (χ1) is 6.68. The van der Waals surface area contributed by atoms with Crippen LogP contribution in [0.5, 0.6) is 0 Å². The zero-order valence-electron chi connectivity index (χ0n) is 7.61. The highest BCUT2D eigenvalue weighted by atomic mass is 79.9. The molecule has 2 heterocycles. The number of nitrogens with two attached hydrogens (primary N) is 1. The van der Waals surface area contributed by atoms with E-state index >= 15 is 0 Å². The fourth-order valence-corrected chi connectivity index (χ4v) is 1.52. The number of hydrogen-bond donors (Lipinski definition) is 1. The molecule has 0 aromatic carbocycles. The zero-order chi connectivity index (χ0) is 10.1. The molecule has 0 aliphatic rings. The van der Waals surface area contributed by atoms with Gasteiger partial charge in [0.25, 0.3) is 0 Å². The maximum absolute atomic E-state index is 5.78. The van der Waals surface area contributed by atoms with E-state index in [1.54, 1.807) is 17.1 Å². The first-order valence-electron chi connectivity index (χ1n) is 4.08. The molecule has 2 aromatic heterocycles. The van der Waals surface area contributed by atoms with E-state index in [9.17, 15) is 0 Å². The first-order valence-corrected chi connectivity index (χ1v) is 4.87. The Labute approximate surface area is 89.9 Å². The number of hydrogen-bond acceptors (Lipinski definition) is 3. The molecule has 0 saturated carbocycles. The Hall–Kier alpha value is -1.36. The Morgan fingerprint density at radius 2 is 2.14 bits per heavy atom. The molecule has 0 aliphatic carbocycles. The van der Waals surface area contributed by atoms with Crippen molar-refractivity contribution < 1.29 is 0 Å². The number of nitrogen functional groups attached to an aromatic ring is 1. The van der Waals surface area contributed by atoms with Gasteiger partial charge in [-0.25, -0.2) is 0 Å². The van der Waals surface area contributed by atoms with Crippen LogP contribution in [0.2, 0.25) is 0 Å². The van der Waals surface area contributed by atoms with E-state index in [2.05, 4.69) is 26.0 Å². The summed E-state index contributed by atoms with van der Waals surface area (Å²) < 4.78 is 2.66. The van der Waals surface area contributed by atoms with E-state index in [1.165, 1.54) is 0 Å². The number of pyridine rings is 1. The summed E-state index contributed by atoms with van der Waals surface area (Å²) in [6.07, 6.45) is 3.36. The van der Waals surface area contributed by atoms with Crippen molar-refractivity contribution in [2.45, 2.75) is 0 Å². The second-order valence-corrected chi connectivity index (χ2v) is 3.85. The molecule has 0 spiro atoms. The Kier molecular flexibility index (Phi) is 2.25. The lowest BCUT2D eigenvalue weighted by Gasteiger charge is -2.02. The van der Waals surface area contributed by atoms with Crippen LogP contribution in [0.15, 0.2) is 29.0 Å². The maximum Gasteiger partial charge on any atom is 0.109 e. The van der Waals surface area contributed by atoms with Crippen LogP contribution in [0.25, 0.3) is 11.4 Å². The third-order valence-corrected chi connectivity index (χ3v) is 2.41. The van der Waals surface area contributed by atoms with Gasteiger partial charge < -0.3 is 5.73 Å². The van der Waals surface area contributed by atoms with E-state index in [0.29, 0.717) is 5.69 Å². The Balaban J connectivity index is 2.54. The van der Waals surface area contributed by atoms with E-state index in [0.717, 1.165) is 15.9 Å². The molecule has 0 fully saturated rings. The van der Waals surface area contributed by atoms with Crippen LogP contribution < -0.4 is 5.73 Å². The summed E-state index contributed by atoms with van der Waals surface area (Å²) >= 11 is 3.33. The van der Waals surface area contributed by atoms with Gasteiger partial charge in [-0.1, -0.05) is 0 Å². The summed E-state index contributed by atoms with van der Waals surface area (Å²) in [5, 5.41) is 4.05. The minimum Gasteiger partial charge on any atom is -0.396 e. The van der Waals surface area contributed by atoms with Crippen molar-refractivity contribution in [2.75, 3.05) is 5.73 Å². The Morgan fingerprint density at radius 3 is 2.64 bits per heavy atom. The van der Waals surface area contributed by atoms with Crippen molar-refractivity contribution in [2.24, 2.45) is 7.05 Å². The summed E-state index contributed by atoms with van der Waals surface area (Å²) in [7, 11) is 1.84. The predicted molar refractivity (Wildman–Crippen MR) is 58.6 cm³/mol. The third kappa shape index (κ3) is 1.50. The molecule has 0 atom stereocenters. The summed E-state index contributed by atoms with van der Waals surface area (Å²) in [4.78, 5) is 4.25. The molecule has 72 valence electrons. The van der Waals surface area contributed by atoms with Gasteiger partial charge in [-0.15, -0.1) is 0 Å². The van der Waals surface area contributed by atoms with Gasteiger partial charge in [0.1, 0.15) is 5.69 Å². The zero-order valence-corrected chi connectivity index (χ0v) is 9.19. The normalized spacial score (nSPS) is 10.4. The molecule has 5 heteroatoms. The van der Waals surface area contributed by atoms with Gasteiger partial charge in [0.15, 0.2) is 0 Å². The maximum atomic E-state index is 5.78. The molecule has 0 saturated heterocycles. The van der Waals surface area contributed by atoms with Gasteiger partial charge in [0.2, 0.25) is 0 Å². The molecule has 2 N–H and O–H groups in total. The lowest BCUT2D eigenvalue weighted by Crippen LogP contribution is -1.97. The lowest BCUT2D eigenvalue weighted by atomic mass is 10.2. The van der Waals surface area contributed by atoms with Gasteiger partial charge in [-0.2, -0.15) is 5.10 Å². The topological polar surface area (TPSA) is 56.7 Å². The molecule has 0 amide bonds. The van der Waals surface area contributed by atoms with Gasteiger partial charge in [-0.05, 0) is 28.1 Å². The summed E-state index contributed by atoms with van der Waals surface area (Å²) in [5.74, 6) is 0. The van der Waals surface area contributed by atoms with Gasteiger partial charge in [0, 0.05) is 17.7 Å². The molecule has 0 unspecified atom stereocenters. The van der Waals surface area contributed by atoms with Gasteiger partial charge >= 0.3 is 0 Å². The molecule has 0 aliphatic heterocycles. The van der Waals surface area contributed by atoms with Gasteiger partial charge in [0.05, 0.1) is 17.6 Å². The fraction of sp³-hybridized carbons (Fsp3) is 0.111. The average Bonchev–Trinajstić information content (AvgIpc) is 2.49. The second-order valence-electron chi connectivity index (χ2n) is 2.93. The molecule has 0 radical (unpaired) electrons. The highest BCUT2D eigenvalue weighted by molar-refractivity contribution is 9.10. The van der Waals surface area contributed by atoms with Gasteiger partial charge in [-0.3, -0.25) is 9.67 Å². The van der Waals surface area contributed by atoms with Crippen LogP contribution in [0.1, 0.15) is 0 Å². The molecule has 14 heavy (non-hydrogen) atoms. The van der Waals surface area contributed by atoms with Crippen molar-refractivity contribution >= 4 is 21.6 Å². The standard InChI is InChI=1S/C9H9BrN4/c1-14-9(7(11)5-13-14)8-3-2-6(10)4-12-8/h2-5H,11H2,1H3. The van der Waals surface area contributed by atoms with Crippen molar-refractivity contribution in [3.05, 3.63) is 29.0 Å². The Bertz CT molecular complexity index is 427. The number of nitrogens with zero attached hydrogens (tertiary/aromatic N) is 3. The number of aromatic nitrogens is 3. The quantitative estimate of drug-likeness (QED) is 0.843. The summed E-state index contributed by atoms with van der Waals surface area (Å²) in [6.45, 7) is 0. The van der Waals surface area contributed by atoms with Crippen LogP contribution in [0.3, 0.4) is 0 Å². The van der Waals surface area contributed by atoms with Crippen LogP contribution in [-0.4, -0.2) is 14.8 Å². The molecule has 0 bridgehead atoms. The smallest absolute Gasteiger partial charge is 0.109 e. The summed E-state index contributed by atoms with van der Waals surface area (Å²) in [6, 6.07) is 3.83. The van der Waals surface area contributed by atoms with Crippen molar-refractivity contribution in [1.82, 2.24) is 14.8 Å². The predicted octanol–water partition coefficient (Wildman–Crippen LogP) is 1.83. The molecule has 2 aromatic rings. The minimum absolute atomic E-state index is 0.641. The third-order valence-electron chi connectivity index (χ3n) is 1.94. The number of aryl methyl sites for hydroxylation is 1. The second kappa shape index (κ2) is 3.42.